The molecule has 7 heteroatoms. The van der Waals surface area contributed by atoms with Crippen LogP contribution in [0, 0.1) is 13.8 Å². The van der Waals surface area contributed by atoms with Crippen LogP contribution in [0.5, 0.6) is 0 Å². The lowest BCUT2D eigenvalue weighted by Crippen LogP contribution is -2.50. The Balaban J connectivity index is 1.45. The molecule has 1 aliphatic heterocycles. The van der Waals surface area contributed by atoms with Crippen LogP contribution < -0.4 is 10.2 Å². The average Bonchev–Trinajstić information content (AvgIpc) is 2.72. The Labute approximate surface area is 183 Å². The molecule has 0 spiro atoms. The van der Waals surface area contributed by atoms with Crippen molar-refractivity contribution in [2.24, 2.45) is 0 Å². The second-order valence-corrected chi connectivity index (χ2v) is 8.29. The van der Waals surface area contributed by atoms with Gasteiger partial charge in [0.05, 0.1) is 13.1 Å². The molecular weight excluding hydrogens is 400 g/mol. The van der Waals surface area contributed by atoms with Crippen molar-refractivity contribution < 1.29 is 9.59 Å². The van der Waals surface area contributed by atoms with Crippen molar-refractivity contribution in [1.29, 1.82) is 0 Å². The Morgan fingerprint density at radius 2 is 1.70 bits per heavy atom. The SMILES string of the molecule is Cc1ccc(NC(=O)CN(C)C(=O)CN2CCN(c3cc(Cl)ccc3C)CC2)cc1. The van der Waals surface area contributed by atoms with Crippen LogP contribution in [0.2, 0.25) is 5.02 Å². The number of halogens is 1. The molecule has 1 N–H and O–H groups in total. The van der Waals surface area contributed by atoms with Crippen molar-refractivity contribution in [3.63, 3.8) is 0 Å². The van der Waals surface area contributed by atoms with E-state index in [1.807, 2.05) is 49.4 Å². The van der Waals surface area contributed by atoms with Crippen molar-refractivity contribution in [3.8, 4) is 0 Å². The van der Waals surface area contributed by atoms with Crippen molar-refractivity contribution in [3.05, 3.63) is 58.6 Å². The van der Waals surface area contributed by atoms with E-state index in [0.717, 1.165) is 48.1 Å². The van der Waals surface area contributed by atoms with E-state index in [-0.39, 0.29) is 18.4 Å². The number of nitrogens with one attached hydrogen (secondary N) is 1. The van der Waals surface area contributed by atoms with Gasteiger partial charge in [0.2, 0.25) is 11.8 Å². The predicted molar refractivity (Wildman–Crippen MR) is 122 cm³/mol. The van der Waals surface area contributed by atoms with Crippen LogP contribution in [0.3, 0.4) is 0 Å². The number of carbonyl (C=O) groups excluding carboxylic acids is 2. The highest BCUT2D eigenvalue weighted by Crippen LogP contribution is 2.25. The van der Waals surface area contributed by atoms with Gasteiger partial charge in [0.15, 0.2) is 0 Å². The Hall–Kier alpha value is -2.57. The lowest BCUT2D eigenvalue weighted by Gasteiger charge is -2.37. The minimum absolute atomic E-state index is 0.0361. The van der Waals surface area contributed by atoms with Gasteiger partial charge in [-0.3, -0.25) is 14.5 Å². The normalized spacial score (nSPS) is 14.5. The predicted octanol–water partition coefficient (Wildman–Crippen LogP) is 3.18. The summed E-state index contributed by atoms with van der Waals surface area (Å²) in [4.78, 5) is 30.7. The quantitative estimate of drug-likeness (QED) is 0.767. The van der Waals surface area contributed by atoms with Gasteiger partial charge in [0.1, 0.15) is 0 Å². The van der Waals surface area contributed by atoms with Gasteiger partial charge >= 0.3 is 0 Å². The van der Waals surface area contributed by atoms with Gasteiger partial charge in [-0.15, -0.1) is 0 Å². The van der Waals surface area contributed by atoms with E-state index in [1.165, 1.54) is 10.5 Å². The van der Waals surface area contributed by atoms with Gasteiger partial charge in [0, 0.05) is 49.6 Å². The Morgan fingerprint density at radius 1 is 1.03 bits per heavy atom. The van der Waals surface area contributed by atoms with Crippen molar-refractivity contribution in [2.45, 2.75) is 13.8 Å². The van der Waals surface area contributed by atoms with Gasteiger partial charge in [-0.1, -0.05) is 35.4 Å². The van der Waals surface area contributed by atoms with E-state index >= 15 is 0 Å². The second kappa shape index (κ2) is 9.96. The maximum atomic E-state index is 12.6. The molecule has 30 heavy (non-hydrogen) atoms. The lowest BCUT2D eigenvalue weighted by atomic mass is 10.1. The molecule has 6 nitrogen and oxygen atoms in total. The molecule has 2 aromatic rings. The van der Waals surface area contributed by atoms with Gasteiger partial charge in [-0.05, 0) is 43.7 Å². The molecule has 160 valence electrons. The molecule has 3 rings (SSSR count). The standard InChI is InChI=1S/C23H29ClN4O2/c1-17-4-8-20(9-5-17)25-22(29)15-26(3)23(30)16-27-10-12-28(13-11-27)21-14-19(24)7-6-18(21)2/h4-9,14H,10-13,15-16H2,1-3H3,(H,25,29). The molecule has 0 aromatic heterocycles. The second-order valence-electron chi connectivity index (χ2n) is 7.86. The first-order valence-electron chi connectivity index (χ1n) is 10.2. The van der Waals surface area contributed by atoms with E-state index in [4.69, 9.17) is 11.6 Å². The van der Waals surface area contributed by atoms with E-state index in [1.54, 1.807) is 7.05 Å². The minimum Gasteiger partial charge on any atom is -0.369 e. The number of benzene rings is 2. The fourth-order valence-electron chi connectivity index (χ4n) is 3.52. The summed E-state index contributed by atoms with van der Waals surface area (Å²) in [7, 11) is 1.67. The molecular formula is C23H29ClN4O2. The number of nitrogens with zero attached hydrogens (tertiary/aromatic N) is 3. The number of rotatable bonds is 6. The summed E-state index contributed by atoms with van der Waals surface area (Å²) in [6, 6.07) is 13.5. The number of anilines is 2. The molecule has 0 aliphatic carbocycles. The van der Waals surface area contributed by atoms with Gasteiger partial charge in [-0.2, -0.15) is 0 Å². The number of piperazine rings is 1. The highest BCUT2D eigenvalue weighted by molar-refractivity contribution is 6.30. The number of hydrogen-bond acceptors (Lipinski definition) is 4. The third-order valence-corrected chi connectivity index (χ3v) is 5.62. The first-order valence-corrected chi connectivity index (χ1v) is 10.5. The van der Waals surface area contributed by atoms with Crippen LogP contribution in [-0.4, -0.2) is 67.9 Å². The number of amides is 2. The Morgan fingerprint density at radius 3 is 2.37 bits per heavy atom. The molecule has 0 radical (unpaired) electrons. The topological polar surface area (TPSA) is 55.9 Å². The Kier molecular flexibility index (Phi) is 7.34. The van der Waals surface area contributed by atoms with Crippen LogP contribution in [0.4, 0.5) is 11.4 Å². The minimum atomic E-state index is -0.198. The average molecular weight is 429 g/mol. The first-order chi connectivity index (χ1) is 14.3. The van der Waals surface area contributed by atoms with E-state index in [0.29, 0.717) is 6.54 Å². The van der Waals surface area contributed by atoms with Crippen LogP contribution >= 0.6 is 11.6 Å². The maximum absolute atomic E-state index is 12.6. The first kappa shape index (κ1) is 22.1. The van der Waals surface area contributed by atoms with Crippen LogP contribution in [0.25, 0.3) is 0 Å². The van der Waals surface area contributed by atoms with Crippen LogP contribution in [0.15, 0.2) is 42.5 Å². The summed E-state index contributed by atoms with van der Waals surface area (Å²) < 4.78 is 0. The number of hydrogen-bond donors (Lipinski definition) is 1. The molecule has 2 aromatic carbocycles. The zero-order valence-corrected chi connectivity index (χ0v) is 18.6. The molecule has 0 bridgehead atoms. The summed E-state index contributed by atoms with van der Waals surface area (Å²) in [6.07, 6.45) is 0. The summed E-state index contributed by atoms with van der Waals surface area (Å²) in [5.74, 6) is -0.252. The van der Waals surface area contributed by atoms with Crippen molar-refractivity contribution >= 4 is 34.8 Å². The molecule has 1 aliphatic rings. The zero-order chi connectivity index (χ0) is 21.7. The van der Waals surface area contributed by atoms with Crippen molar-refractivity contribution in [2.75, 3.05) is 56.5 Å². The molecule has 0 atom stereocenters. The summed E-state index contributed by atoms with van der Waals surface area (Å²) in [5.41, 5.74) is 4.21. The highest BCUT2D eigenvalue weighted by Gasteiger charge is 2.22. The largest absolute Gasteiger partial charge is 0.369 e. The molecule has 2 amide bonds. The summed E-state index contributed by atoms with van der Waals surface area (Å²) >= 11 is 6.15. The van der Waals surface area contributed by atoms with Gasteiger partial charge < -0.3 is 15.1 Å². The Bertz CT molecular complexity index is 893. The van der Waals surface area contributed by atoms with E-state index in [9.17, 15) is 9.59 Å². The van der Waals surface area contributed by atoms with Crippen LogP contribution in [-0.2, 0) is 9.59 Å². The zero-order valence-electron chi connectivity index (χ0n) is 17.8. The highest BCUT2D eigenvalue weighted by atomic mass is 35.5. The van der Waals surface area contributed by atoms with Crippen LogP contribution in [0.1, 0.15) is 11.1 Å². The lowest BCUT2D eigenvalue weighted by molar-refractivity contribution is -0.134. The third kappa shape index (κ3) is 5.97. The fraction of sp³-hybridized carbons (Fsp3) is 0.391. The molecule has 0 unspecified atom stereocenters. The summed E-state index contributed by atoms with van der Waals surface area (Å²) in [6.45, 7) is 7.69. The van der Waals surface area contributed by atoms with E-state index < -0.39 is 0 Å². The molecule has 0 saturated carbocycles. The van der Waals surface area contributed by atoms with E-state index in [2.05, 4.69) is 22.0 Å². The fourth-order valence-corrected chi connectivity index (χ4v) is 3.69. The number of aryl methyl sites for hydroxylation is 2. The maximum Gasteiger partial charge on any atom is 0.243 e. The monoisotopic (exact) mass is 428 g/mol. The molecule has 1 saturated heterocycles. The summed E-state index contributed by atoms with van der Waals surface area (Å²) in [5, 5.41) is 3.56. The van der Waals surface area contributed by atoms with Crippen molar-refractivity contribution in [1.82, 2.24) is 9.80 Å². The van der Waals surface area contributed by atoms with Gasteiger partial charge in [0.25, 0.3) is 0 Å². The number of carbonyl (C=O) groups is 2. The third-order valence-electron chi connectivity index (χ3n) is 5.38. The smallest absolute Gasteiger partial charge is 0.243 e. The molecule has 1 fully saturated rings. The number of likely N-dealkylation sites (N-methyl/N-ethyl adjacent to an activating group) is 1. The molecule has 1 heterocycles. The van der Waals surface area contributed by atoms with Gasteiger partial charge in [-0.25, -0.2) is 0 Å².